The molecule has 1 aromatic carbocycles. The van der Waals surface area contributed by atoms with Gasteiger partial charge in [-0.2, -0.15) is 0 Å². The summed E-state index contributed by atoms with van der Waals surface area (Å²) >= 11 is 0. The first-order chi connectivity index (χ1) is 9.58. The third-order valence-corrected chi connectivity index (χ3v) is 5.11. The molecule has 1 N–H and O–H groups in total. The molecule has 1 atom stereocenters. The molecule has 0 aliphatic carbocycles. The van der Waals surface area contributed by atoms with E-state index in [9.17, 15) is 8.42 Å². The minimum atomic E-state index is -3.41. The van der Waals surface area contributed by atoms with E-state index in [1.54, 1.807) is 18.2 Å². The number of rotatable bonds is 6. The molecule has 1 heterocycles. The minimum Gasteiger partial charge on any atom is -0.267 e. The molecule has 0 fully saturated rings. The van der Waals surface area contributed by atoms with Crippen molar-refractivity contribution in [3.8, 4) is 0 Å². The molecule has 20 heavy (non-hydrogen) atoms. The van der Waals surface area contributed by atoms with Crippen LogP contribution in [0.2, 0.25) is 0 Å². The normalized spacial score (nSPS) is 19.6. The van der Waals surface area contributed by atoms with E-state index >= 15 is 0 Å². The third-order valence-electron chi connectivity index (χ3n) is 3.71. The molecule has 0 saturated heterocycles. The number of nitrogens with zero attached hydrogens (tertiary/aromatic N) is 1. The van der Waals surface area contributed by atoms with Crippen molar-refractivity contribution in [2.24, 2.45) is 10.9 Å². The van der Waals surface area contributed by atoms with Crippen LogP contribution in [0.25, 0.3) is 0 Å². The van der Waals surface area contributed by atoms with Gasteiger partial charge in [-0.05, 0) is 24.5 Å². The Morgan fingerprint density at radius 3 is 2.70 bits per heavy atom. The number of sulfonamides is 1. The summed E-state index contributed by atoms with van der Waals surface area (Å²) in [6.07, 6.45) is 4.61. The summed E-state index contributed by atoms with van der Waals surface area (Å²) in [6, 6.07) is 7.00. The molecule has 5 heteroatoms. The highest BCUT2D eigenvalue weighted by atomic mass is 32.2. The van der Waals surface area contributed by atoms with Gasteiger partial charge in [-0.3, -0.25) is 9.71 Å². The van der Waals surface area contributed by atoms with Gasteiger partial charge in [0.2, 0.25) is 0 Å². The lowest BCUT2D eigenvalue weighted by atomic mass is 10.00. The topological polar surface area (TPSA) is 58.5 Å². The fraction of sp³-hybridized carbons (Fsp3) is 0.533. The van der Waals surface area contributed by atoms with Gasteiger partial charge in [0.15, 0.2) is 0 Å². The standard InChI is InChI=1S/C15H22N2O2S/c1-3-5-8-12(4-2)11-16-15-13-9-6-7-10-14(13)20(18,19)17-15/h6-7,9-10,12H,3-5,8,11H2,1-2H3,(H,16,17). The average molecular weight is 294 g/mol. The van der Waals surface area contributed by atoms with Crippen LogP contribution in [0.4, 0.5) is 0 Å². The Morgan fingerprint density at radius 1 is 1.25 bits per heavy atom. The van der Waals surface area contributed by atoms with Gasteiger partial charge in [0.05, 0.1) is 4.90 Å². The Morgan fingerprint density at radius 2 is 2.00 bits per heavy atom. The number of aliphatic imine (C=N–C) groups is 1. The van der Waals surface area contributed by atoms with Crippen molar-refractivity contribution < 1.29 is 8.42 Å². The number of nitrogens with one attached hydrogen (secondary N) is 1. The molecule has 1 aromatic rings. The maximum Gasteiger partial charge on any atom is 0.263 e. The van der Waals surface area contributed by atoms with Gasteiger partial charge in [0.25, 0.3) is 10.0 Å². The van der Waals surface area contributed by atoms with E-state index in [4.69, 9.17) is 0 Å². The molecule has 0 radical (unpaired) electrons. The van der Waals surface area contributed by atoms with Gasteiger partial charge in [0, 0.05) is 12.1 Å². The molecule has 2 rings (SSSR count). The first-order valence-electron chi connectivity index (χ1n) is 7.25. The van der Waals surface area contributed by atoms with Crippen LogP contribution in [-0.4, -0.2) is 20.8 Å². The lowest BCUT2D eigenvalue weighted by molar-refractivity contribution is 0.462. The van der Waals surface area contributed by atoms with Gasteiger partial charge in [-0.1, -0.05) is 45.2 Å². The number of amidine groups is 1. The summed E-state index contributed by atoms with van der Waals surface area (Å²) in [5.74, 6) is 1.02. The van der Waals surface area contributed by atoms with Gasteiger partial charge < -0.3 is 0 Å². The first kappa shape index (κ1) is 15.0. The zero-order valence-electron chi connectivity index (χ0n) is 12.1. The Hall–Kier alpha value is -1.36. The maximum absolute atomic E-state index is 12.0. The van der Waals surface area contributed by atoms with E-state index in [0.29, 0.717) is 28.8 Å². The Kier molecular flexibility index (Phi) is 4.81. The van der Waals surface area contributed by atoms with Crippen molar-refractivity contribution in [1.82, 2.24) is 4.72 Å². The zero-order chi connectivity index (χ0) is 14.6. The zero-order valence-corrected chi connectivity index (χ0v) is 12.9. The van der Waals surface area contributed by atoms with E-state index in [-0.39, 0.29) is 0 Å². The average Bonchev–Trinajstić information content (AvgIpc) is 2.71. The number of hydrogen-bond donors (Lipinski definition) is 1. The van der Waals surface area contributed by atoms with Crippen molar-refractivity contribution in [2.45, 2.75) is 44.4 Å². The molecular formula is C15H22N2O2S. The van der Waals surface area contributed by atoms with Gasteiger partial charge >= 0.3 is 0 Å². The van der Waals surface area contributed by atoms with Crippen LogP contribution in [0, 0.1) is 5.92 Å². The molecular weight excluding hydrogens is 272 g/mol. The van der Waals surface area contributed by atoms with Crippen LogP contribution in [0.5, 0.6) is 0 Å². The summed E-state index contributed by atoms with van der Waals surface area (Å²) in [5, 5.41) is 0. The number of benzene rings is 1. The smallest absolute Gasteiger partial charge is 0.263 e. The third kappa shape index (κ3) is 3.20. The molecule has 0 spiro atoms. The molecule has 4 nitrogen and oxygen atoms in total. The van der Waals surface area contributed by atoms with Crippen molar-refractivity contribution in [2.75, 3.05) is 6.54 Å². The van der Waals surface area contributed by atoms with E-state index < -0.39 is 10.0 Å². The molecule has 0 saturated carbocycles. The van der Waals surface area contributed by atoms with Crippen LogP contribution >= 0.6 is 0 Å². The highest BCUT2D eigenvalue weighted by Gasteiger charge is 2.30. The van der Waals surface area contributed by atoms with Gasteiger partial charge in [-0.25, -0.2) is 8.42 Å². The lowest BCUT2D eigenvalue weighted by Gasteiger charge is -2.11. The second kappa shape index (κ2) is 6.39. The fourth-order valence-electron chi connectivity index (χ4n) is 2.39. The second-order valence-electron chi connectivity index (χ2n) is 5.21. The van der Waals surface area contributed by atoms with Crippen molar-refractivity contribution in [3.05, 3.63) is 29.8 Å². The first-order valence-corrected chi connectivity index (χ1v) is 8.73. The molecule has 110 valence electrons. The van der Waals surface area contributed by atoms with Crippen LogP contribution in [0.15, 0.2) is 34.2 Å². The van der Waals surface area contributed by atoms with Crippen LogP contribution in [-0.2, 0) is 10.0 Å². The highest BCUT2D eigenvalue weighted by Crippen LogP contribution is 2.23. The van der Waals surface area contributed by atoms with Crippen molar-refractivity contribution in [1.29, 1.82) is 0 Å². The molecule has 0 bridgehead atoms. The lowest BCUT2D eigenvalue weighted by Crippen LogP contribution is -2.23. The quantitative estimate of drug-likeness (QED) is 0.877. The SMILES string of the molecule is CCCCC(CC)CN=C1NS(=O)(=O)c2ccccc21. The Balaban J connectivity index is 2.16. The molecule has 0 amide bonds. The second-order valence-corrected chi connectivity index (χ2v) is 6.86. The highest BCUT2D eigenvalue weighted by molar-refractivity contribution is 7.90. The summed E-state index contributed by atoms with van der Waals surface area (Å²) in [5.41, 5.74) is 0.692. The van der Waals surface area contributed by atoms with Crippen LogP contribution < -0.4 is 4.72 Å². The molecule has 1 unspecified atom stereocenters. The van der Waals surface area contributed by atoms with Gasteiger partial charge in [-0.15, -0.1) is 0 Å². The predicted octanol–water partition coefficient (Wildman–Crippen LogP) is 2.94. The molecule has 0 aromatic heterocycles. The van der Waals surface area contributed by atoms with Crippen molar-refractivity contribution >= 4 is 15.9 Å². The fourth-order valence-corrected chi connectivity index (χ4v) is 3.64. The predicted molar refractivity (Wildman–Crippen MR) is 81.5 cm³/mol. The monoisotopic (exact) mass is 294 g/mol. The van der Waals surface area contributed by atoms with E-state index in [1.807, 2.05) is 6.07 Å². The molecule has 1 aliphatic rings. The molecule has 1 aliphatic heterocycles. The van der Waals surface area contributed by atoms with E-state index in [0.717, 1.165) is 12.8 Å². The number of unbranched alkanes of at least 4 members (excludes halogenated alkanes) is 1. The number of hydrogen-bond acceptors (Lipinski definition) is 3. The summed E-state index contributed by atoms with van der Waals surface area (Å²) in [6.45, 7) is 5.02. The Labute approximate surface area is 121 Å². The van der Waals surface area contributed by atoms with E-state index in [2.05, 4.69) is 23.6 Å². The van der Waals surface area contributed by atoms with E-state index in [1.165, 1.54) is 12.8 Å². The van der Waals surface area contributed by atoms with Crippen LogP contribution in [0.3, 0.4) is 0 Å². The maximum atomic E-state index is 12.0. The Bertz CT molecular complexity index is 594. The van der Waals surface area contributed by atoms with Crippen molar-refractivity contribution in [3.63, 3.8) is 0 Å². The number of fused-ring (bicyclic) bond motifs is 1. The summed E-state index contributed by atoms with van der Waals surface area (Å²) < 4.78 is 26.5. The van der Waals surface area contributed by atoms with Gasteiger partial charge in [0.1, 0.15) is 5.84 Å². The summed E-state index contributed by atoms with van der Waals surface area (Å²) in [7, 11) is -3.41. The van der Waals surface area contributed by atoms with Crippen LogP contribution in [0.1, 0.15) is 45.1 Å². The minimum absolute atomic E-state index is 0.334. The summed E-state index contributed by atoms with van der Waals surface area (Å²) in [4.78, 5) is 4.84. The largest absolute Gasteiger partial charge is 0.267 e.